The third-order valence-electron chi connectivity index (χ3n) is 4.74. The van der Waals surface area contributed by atoms with Gasteiger partial charge in [-0.25, -0.2) is 0 Å². The summed E-state index contributed by atoms with van der Waals surface area (Å²) in [4.78, 5) is 47.3. The van der Waals surface area contributed by atoms with Crippen molar-refractivity contribution >= 4 is 23.7 Å². The zero-order chi connectivity index (χ0) is 22.3. The number of hydrogen-bond donors (Lipinski definition) is 0. The molecule has 2 atom stereocenters. The van der Waals surface area contributed by atoms with E-state index in [0.29, 0.717) is 16.7 Å². The van der Waals surface area contributed by atoms with Crippen molar-refractivity contribution in [3.8, 4) is 23.0 Å². The van der Waals surface area contributed by atoms with E-state index in [2.05, 4.69) is 0 Å². The number of rotatable bonds is 3. The standard InChI is InChI=1S/C22H18O9/c1-10(23)28-13-4-5-15-18(8-13)31-21-14-6-7-17(29-11(2)24)20(30-12(3)25)16(14)9-27-22(21)19(15)26/h4-8,21-22H,9H2,1-3H3/t21-,22+/m1/s1. The minimum absolute atomic E-state index is 0.0363. The van der Waals surface area contributed by atoms with Crippen LogP contribution in [0, 0.1) is 0 Å². The summed E-state index contributed by atoms with van der Waals surface area (Å²) in [5.74, 6) is -1.42. The van der Waals surface area contributed by atoms with Gasteiger partial charge in [0.25, 0.3) is 0 Å². The molecule has 0 radical (unpaired) electrons. The largest absolute Gasteiger partial charge is 0.482 e. The maximum absolute atomic E-state index is 13.0. The van der Waals surface area contributed by atoms with Gasteiger partial charge in [0.1, 0.15) is 11.5 Å². The van der Waals surface area contributed by atoms with Gasteiger partial charge in [0.15, 0.2) is 29.5 Å². The number of ketones is 1. The second-order valence-electron chi connectivity index (χ2n) is 7.03. The zero-order valence-electron chi connectivity index (χ0n) is 16.9. The van der Waals surface area contributed by atoms with Gasteiger partial charge < -0.3 is 23.7 Å². The predicted octanol–water partition coefficient (Wildman–Crippen LogP) is 2.68. The quantitative estimate of drug-likeness (QED) is 0.540. The number of benzene rings is 2. The molecular weight excluding hydrogens is 408 g/mol. The van der Waals surface area contributed by atoms with Crippen LogP contribution in [0.1, 0.15) is 48.4 Å². The van der Waals surface area contributed by atoms with E-state index >= 15 is 0 Å². The van der Waals surface area contributed by atoms with Gasteiger partial charge in [-0.2, -0.15) is 0 Å². The Balaban J connectivity index is 1.77. The van der Waals surface area contributed by atoms with Crippen LogP contribution in [0.5, 0.6) is 23.0 Å². The molecule has 0 spiro atoms. The van der Waals surface area contributed by atoms with Gasteiger partial charge >= 0.3 is 17.9 Å². The summed E-state index contributed by atoms with van der Waals surface area (Å²) < 4.78 is 27.3. The van der Waals surface area contributed by atoms with E-state index in [-0.39, 0.29) is 35.4 Å². The van der Waals surface area contributed by atoms with Crippen LogP contribution < -0.4 is 18.9 Å². The molecule has 160 valence electrons. The monoisotopic (exact) mass is 426 g/mol. The molecule has 31 heavy (non-hydrogen) atoms. The molecule has 0 fully saturated rings. The van der Waals surface area contributed by atoms with Crippen molar-refractivity contribution in [2.45, 2.75) is 39.6 Å². The van der Waals surface area contributed by atoms with Gasteiger partial charge in [-0.05, 0) is 18.2 Å². The Kier molecular flexibility index (Phi) is 5.20. The lowest BCUT2D eigenvalue weighted by Gasteiger charge is -2.37. The van der Waals surface area contributed by atoms with E-state index in [1.54, 1.807) is 6.07 Å². The smallest absolute Gasteiger partial charge is 0.308 e. The number of esters is 3. The SMILES string of the molecule is CC(=O)Oc1ccc2c(c1)O[C@@H]1c3ccc(OC(C)=O)c(OC(C)=O)c3CO[C@H]1C2=O. The van der Waals surface area contributed by atoms with E-state index in [9.17, 15) is 19.2 Å². The fraction of sp³-hybridized carbons (Fsp3) is 0.273. The molecule has 0 bridgehead atoms. The van der Waals surface area contributed by atoms with Crippen molar-refractivity contribution in [2.24, 2.45) is 0 Å². The third kappa shape index (κ3) is 3.87. The first kappa shape index (κ1) is 20.5. The van der Waals surface area contributed by atoms with Crippen LogP contribution in [-0.2, 0) is 25.7 Å². The molecule has 9 heteroatoms. The summed E-state index contributed by atoms with van der Waals surface area (Å²) in [6, 6.07) is 7.58. The van der Waals surface area contributed by atoms with E-state index in [0.717, 1.165) is 0 Å². The van der Waals surface area contributed by atoms with Gasteiger partial charge in [0.2, 0.25) is 0 Å². The van der Waals surface area contributed by atoms with Crippen molar-refractivity contribution in [1.29, 1.82) is 0 Å². The van der Waals surface area contributed by atoms with E-state index in [1.165, 1.54) is 45.0 Å². The minimum atomic E-state index is -0.913. The molecule has 2 aromatic rings. The molecule has 2 aliphatic rings. The topological polar surface area (TPSA) is 114 Å². The summed E-state index contributed by atoms with van der Waals surface area (Å²) >= 11 is 0. The average molecular weight is 426 g/mol. The summed E-state index contributed by atoms with van der Waals surface area (Å²) in [5.41, 5.74) is 1.29. The molecule has 0 N–H and O–H groups in total. The summed E-state index contributed by atoms with van der Waals surface area (Å²) in [6.07, 6.45) is -1.75. The summed E-state index contributed by atoms with van der Waals surface area (Å²) in [5, 5.41) is 0. The first-order valence-corrected chi connectivity index (χ1v) is 9.42. The van der Waals surface area contributed by atoms with Crippen molar-refractivity contribution in [3.63, 3.8) is 0 Å². The molecule has 0 aromatic heterocycles. The molecular formula is C22H18O9. The molecule has 0 amide bonds. The van der Waals surface area contributed by atoms with Crippen molar-refractivity contribution in [3.05, 3.63) is 47.0 Å². The molecule has 0 unspecified atom stereocenters. The molecule has 2 aliphatic heterocycles. The van der Waals surface area contributed by atoms with Crippen LogP contribution in [0.15, 0.2) is 30.3 Å². The lowest BCUT2D eigenvalue weighted by atomic mass is 9.88. The van der Waals surface area contributed by atoms with Crippen LogP contribution in [0.4, 0.5) is 0 Å². The van der Waals surface area contributed by atoms with Crippen LogP contribution in [0.25, 0.3) is 0 Å². The second-order valence-corrected chi connectivity index (χ2v) is 7.03. The minimum Gasteiger partial charge on any atom is -0.482 e. The van der Waals surface area contributed by atoms with Gasteiger partial charge in [-0.1, -0.05) is 6.07 Å². The van der Waals surface area contributed by atoms with Gasteiger partial charge in [-0.3, -0.25) is 19.2 Å². The van der Waals surface area contributed by atoms with E-state index in [1.807, 2.05) is 0 Å². The van der Waals surface area contributed by atoms with E-state index in [4.69, 9.17) is 23.7 Å². The molecule has 2 heterocycles. The number of carbonyl (C=O) groups excluding carboxylic acids is 4. The Labute approximate surface area is 176 Å². The summed E-state index contributed by atoms with van der Waals surface area (Å²) in [6.45, 7) is 3.66. The van der Waals surface area contributed by atoms with Crippen molar-refractivity contribution in [1.82, 2.24) is 0 Å². The number of hydrogen-bond acceptors (Lipinski definition) is 9. The average Bonchev–Trinajstić information content (AvgIpc) is 2.68. The van der Waals surface area contributed by atoms with Crippen molar-refractivity contribution < 1.29 is 42.9 Å². The van der Waals surface area contributed by atoms with Gasteiger partial charge in [0, 0.05) is 38.0 Å². The predicted molar refractivity (Wildman–Crippen MR) is 103 cm³/mol. The fourth-order valence-corrected chi connectivity index (χ4v) is 3.61. The molecule has 0 aliphatic carbocycles. The third-order valence-corrected chi connectivity index (χ3v) is 4.74. The first-order valence-electron chi connectivity index (χ1n) is 9.42. The number of fused-ring (bicyclic) bond motifs is 4. The van der Waals surface area contributed by atoms with Gasteiger partial charge in [0.05, 0.1) is 12.2 Å². The van der Waals surface area contributed by atoms with E-state index < -0.39 is 30.1 Å². The molecule has 4 rings (SSSR count). The first-order chi connectivity index (χ1) is 14.7. The Morgan fingerprint density at radius 3 is 2.29 bits per heavy atom. The second kappa shape index (κ2) is 7.84. The highest BCUT2D eigenvalue weighted by molar-refractivity contribution is 6.03. The zero-order valence-corrected chi connectivity index (χ0v) is 16.9. The normalized spacial score (nSPS) is 18.6. The molecule has 0 saturated heterocycles. The van der Waals surface area contributed by atoms with Crippen LogP contribution in [0.3, 0.4) is 0 Å². The van der Waals surface area contributed by atoms with Crippen LogP contribution in [-0.4, -0.2) is 29.8 Å². The van der Waals surface area contributed by atoms with Crippen LogP contribution in [0.2, 0.25) is 0 Å². The Bertz CT molecular complexity index is 1120. The summed E-state index contributed by atoms with van der Waals surface area (Å²) in [7, 11) is 0. The Morgan fingerprint density at radius 2 is 1.61 bits per heavy atom. The molecule has 0 saturated carbocycles. The highest BCUT2D eigenvalue weighted by atomic mass is 16.6. The number of carbonyl (C=O) groups is 4. The fourth-order valence-electron chi connectivity index (χ4n) is 3.61. The number of Topliss-reactive ketones (excluding diaryl/α,β-unsaturated/α-hetero) is 1. The maximum atomic E-state index is 13.0. The molecule has 9 nitrogen and oxygen atoms in total. The highest BCUT2D eigenvalue weighted by Gasteiger charge is 2.44. The number of ether oxygens (including phenoxy) is 5. The van der Waals surface area contributed by atoms with Gasteiger partial charge in [-0.15, -0.1) is 0 Å². The van der Waals surface area contributed by atoms with Crippen molar-refractivity contribution in [2.75, 3.05) is 0 Å². The maximum Gasteiger partial charge on any atom is 0.308 e. The highest BCUT2D eigenvalue weighted by Crippen LogP contribution is 2.46. The Hall–Kier alpha value is -3.72. The van der Waals surface area contributed by atoms with Crippen LogP contribution >= 0.6 is 0 Å². The molecule has 2 aromatic carbocycles. The Morgan fingerprint density at radius 1 is 0.903 bits per heavy atom. The lowest BCUT2D eigenvalue weighted by molar-refractivity contribution is -0.134. The lowest BCUT2D eigenvalue weighted by Crippen LogP contribution is -2.41.